The first-order valence-corrected chi connectivity index (χ1v) is 5.99. The van der Waals surface area contributed by atoms with Gasteiger partial charge in [0, 0.05) is 18.2 Å². The smallest absolute Gasteiger partial charge is 0.138 e. The van der Waals surface area contributed by atoms with Gasteiger partial charge in [0.25, 0.3) is 0 Å². The molecule has 2 rings (SSSR count). The maximum Gasteiger partial charge on any atom is 0.138 e. The van der Waals surface area contributed by atoms with Gasteiger partial charge in [-0.15, -0.1) is 0 Å². The molecular formula is C12H14BrN3O. The summed E-state index contributed by atoms with van der Waals surface area (Å²) < 4.78 is 2.29. The number of nitrogens with zero attached hydrogens (tertiary/aromatic N) is 2. The molecule has 17 heavy (non-hydrogen) atoms. The van der Waals surface area contributed by atoms with Gasteiger partial charge >= 0.3 is 0 Å². The summed E-state index contributed by atoms with van der Waals surface area (Å²) in [5.74, 6) is 0.739. The van der Waals surface area contributed by atoms with Crippen LogP contribution in [0, 0.1) is 13.8 Å². The quantitative estimate of drug-likeness (QED) is 0.850. The van der Waals surface area contributed by atoms with Crippen molar-refractivity contribution in [3.8, 4) is 16.9 Å². The van der Waals surface area contributed by atoms with Gasteiger partial charge in [0.05, 0.1) is 10.7 Å². The molecule has 0 fully saturated rings. The maximum atomic E-state index is 10.2. The summed E-state index contributed by atoms with van der Waals surface area (Å²) in [5, 5.41) is 14.2. The zero-order valence-corrected chi connectivity index (χ0v) is 11.5. The van der Waals surface area contributed by atoms with E-state index in [2.05, 4.69) is 21.0 Å². The van der Waals surface area contributed by atoms with Crippen LogP contribution in [0.3, 0.4) is 0 Å². The number of nitrogen functional groups attached to an aromatic ring is 1. The SMILES string of the molecule is Cc1cc(-c2cnn(C)c2N)c(O)c(Br)c1C. The lowest BCUT2D eigenvalue weighted by atomic mass is 10.0. The second-order valence-electron chi connectivity index (χ2n) is 4.10. The third-order valence-corrected chi connectivity index (χ3v) is 3.99. The summed E-state index contributed by atoms with van der Waals surface area (Å²) in [6, 6.07) is 1.92. The number of phenolic OH excluding ortho intramolecular Hbond substituents is 1. The molecule has 0 spiro atoms. The summed E-state index contributed by atoms with van der Waals surface area (Å²) >= 11 is 3.39. The number of benzene rings is 1. The number of anilines is 1. The number of hydrogen-bond acceptors (Lipinski definition) is 3. The van der Waals surface area contributed by atoms with Crippen LogP contribution in [0.2, 0.25) is 0 Å². The second-order valence-corrected chi connectivity index (χ2v) is 4.89. The highest BCUT2D eigenvalue weighted by atomic mass is 79.9. The van der Waals surface area contributed by atoms with Crippen molar-refractivity contribution in [1.82, 2.24) is 9.78 Å². The number of phenols is 1. The molecule has 3 N–H and O–H groups in total. The molecule has 0 saturated heterocycles. The van der Waals surface area contributed by atoms with Crippen LogP contribution in [0.25, 0.3) is 11.1 Å². The van der Waals surface area contributed by atoms with Gasteiger partial charge in [-0.2, -0.15) is 5.10 Å². The van der Waals surface area contributed by atoms with Crippen molar-refractivity contribution in [2.75, 3.05) is 5.73 Å². The standard InChI is InChI=1S/C12H14BrN3O/c1-6-4-8(11(17)10(13)7(6)2)9-5-15-16(3)12(9)14/h4-5,17H,14H2,1-3H3. The fourth-order valence-corrected chi connectivity index (χ4v) is 2.25. The summed E-state index contributed by atoms with van der Waals surface area (Å²) in [6.07, 6.45) is 1.66. The monoisotopic (exact) mass is 295 g/mol. The van der Waals surface area contributed by atoms with Gasteiger partial charge in [0.2, 0.25) is 0 Å². The van der Waals surface area contributed by atoms with E-state index in [9.17, 15) is 5.11 Å². The second kappa shape index (κ2) is 4.07. The van der Waals surface area contributed by atoms with E-state index in [1.54, 1.807) is 17.9 Å². The fourth-order valence-electron chi connectivity index (χ4n) is 1.72. The topological polar surface area (TPSA) is 64.1 Å². The van der Waals surface area contributed by atoms with Crippen LogP contribution in [-0.2, 0) is 7.05 Å². The van der Waals surface area contributed by atoms with Crippen molar-refractivity contribution < 1.29 is 5.11 Å². The van der Waals surface area contributed by atoms with Crippen molar-refractivity contribution in [1.29, 1.82) is 0 Å². The van der Waals surface area contributed by atoms with Crippen molar-refractivity contribution in [3.63, 3.8) is 0 Å². The molecule has 90 valence electrons. The van der Waals surface area contributed by atoms with Crippen LogP contribution in [0.4, 0.5) is 5.82 Å². The van der Waals surface area contributed by atoms with Crippen LogP contribution < -0.4 is 5.73 Å². The first-order valence-electron chi connectivity index (χ1n) is 5.20. The first-order chi connectivity index (χ1) is 7.93. The van der Waals surface area contributed by atoms with Crippen molar-refractivity contribution in [3.05, 3.63) is 27.9 Å². The molecule has 0 aliphatic carbocycles. The van der Waals surface area contributed by atoms with Crippen LogP contribution in [0.15, 0.2) is 16.7 Å². The highest BCUT2D eigenvalue weighted by molar-refractivity contribution is 9.10. The number of aromatic hydroxyl groups is 1. The van der Waals surface area contributed by atoms with E-state index in [4.69, 9.17) is 5.73 Å². The predicted octanol–water partition coefficient (Wildman–Crippen LogP) is 2.75. The Morgan fingerprint density at radius 3 is 2.53 bits per heavy atom. The van der Waals surface area contributed by atoms with Crippen molar-refractivity contribution in [2.24, 2.45) is 7.05 Å². The molecule has 1 heterocycles. The lowest BCUT2D eigenvalue weighted by Gasteiger charge is -2.11. The average Bonchev–Trinajstić information content (AvgIpc) is 2.62. The molecule has 0 aliphatic heterocycles. The summed E-state index contributed by atoms with van der Waals surface area (Å²) in [4.78, 5) is 0. The van der Waals surface area contributed by atoms with E-state index >= 15 is 0 Å². The minimum absolute atomic E-state index is 0.202. The summed E-state index contributed by atoms with van der Waals surface area (Å²) in [6.45, 7) is 3.95. The highest BCUT2D eigenvalue weighted by Crippen LogP contribution is 2.40. The molecule has 0 bridgehead atoms. The number of hydrogen-bond donors (Lipinski definition) is 2. The van der Waals surface area contributed by atoms with E-state index < -0.39 is 0 Å². The number of aromatic nitrogens is 2. The van der Waals surface area contributed by atoms with E-state index in [-0.39, 0.29) is 5.75 Å². The van der Waals surface area contributed by atoms with Gasteiger partial charge in [-0.1, -0.05) is 0 Å². The molecule has 1 aromatic heterocycles. The van der Waals surface area contributed by atoms with E-state index in [1.807, 2.05) is 19.9 Å². The van der Waals surface area contributed by atoms with Crippen molar-refractivity contribution >= 4 is 21.7 Å². The molecule has 0 amide bonds. The molecule has 0 unspecified atom stereocenters. The molecular weight excluding hydrogens is 282 g/mol. The molecule has 4 nitrogen and oxygen atoms in total. The Balaban J connectivity index is 2.73. The molecule has 0 atom stereocenters. The Hall–Kier alpha value is -1.49. The van der Waals surface area contributed by atoms with Crippen LogP contribution in [-0.4, -0.2) is 14.9 Å². The van der Waals surface area contributed by atoms with Crippen LogP contribution in [0.1, 0.15) is 11.1 Å². The minimum Gasteiger partial charge on any atom is -0.506 e. The van der Waals surface area contributed by atoms with E-state index in [0.717, 1.165) is 16.7 Å². The Morgan fingerprint density at radius 1 is 1.35 bits per heavy atom. The summed E-state index contributed by atoms with van der Waals surface area (Å²) in [7, 11) is 1.77. The lowest BCUT2D eigenvalue weighted by molar-refractivity contribution is 0.473. The highest BCUT2D eigenvalue weighted by Gasteiger charge is 2.16. The van der Waals surface area contributed by atoms with Crippen LogP contribution in [0.5, 0.6) is 5.75 Å². The fraction of sp³-hybridized carbons (Fsp3) is 0.250. The Kier molecular flexibility index (Phi) is 2.87. The minimum atomic E-state index is 0.202. The van der Waals surface area contributed by atoms with E-state index in [0.29, 0.717) is 15.9 Å². The molecule has 0 aliphatic rings. The van der Waals surface area contributed by atoms with Gasteiger partial charge in [0.1, 0.15) is 11.6 Å². The van der Waals surface area contributed by atoms with Gasteiger partial charge in [0.15, 0.2) is 0 Å². The number of aryl methyl sites for hydroxylation is 2. The molecule has 0 saturated carbocycles. The predicted molar refractivity (Wildman–Crippen MR) is 71.9 cm³/mol. The Bertz CT molecular complexity index is 590. The van der Waals surface area contributed by atoms with Crippen molar-refractivity contribution in [2.45, 2.75) is 13.8 Å². The Morgan fingerprint density at radius 2 is 2.00 bits per heavy atom. The lowest BCUT2D eigenvalue weighted by Crippen LogP contribution is -1.98. The van der Waals surface area contributed by atoms with Crippen LogP contribution >= 0.6 is 15.9 Å². The Labute approximate surface area is 108 Å². The van der Waals surface area contributed by atoms with Gasteiger partial charge in [-0.05, 0) is 47.0 Å². The molecule has 5 heteroatoms. The molecule has 0 radical (unpaired) electrons. The third-order valence-electron chi connectivity index (χ3n) is 3.02. The maximum absolute atomic E-state index is 10.2. The normalized spacial score (nSPS) is 10.8. The average molecular weight is 296 g/mol. The number of halogens is 1. The van der Waals surface area contributed by atoms with E-state index in [1.165, 1.54) is 0 Å². The molecule has 1 aromatic carbocycles. The molecule has 2 aromatic rings. The third kappa shape index (κ3) is 1.80. The zero-order chi connectivity index (χ0) is 12.7. The largest absolute Gasteiger partial charge is 0.506 e. The first kappa shape index (κ1) is 12.0. The number of nitrogens with two attached hydrogens (primary N) is 1. The summed E-state index contributed by atoms with van der Waals surface area (Å²) in [5.41, 5.74) is 9.47. The van der Waals surface area contributed by atoms with Gasteiger partial charge in [-0.25, -0.2) is 0 Å². The van der Waals surface area contributed by atoms with Gasteiger partial charge < -0.3 is 10.8 Å². The number of rotatable bonds is 1. The zero-order valence-electron chi connectivity index (χ0n) is 9.95. The van der Waals surface area contributed by atoms with Gasteiger partial charge in [-0.3, -0.25) is 4.68 Å².